The van der Waals surface area contributed by atoms with Crippen LogP contribution in [-0.2, 0) is 4.74 Å². The zero-order chi connectivity index (χ0) is 12.9. The van der Waals surface area contributed by atoms with Gasteiger partial charge in [-0.25, -0.2) is 0 Å². The third kappa shape index (κ3) is 5.44. The van der Waals surface area contributed by atoms with Crippen molar-refractivity contribution in [2.75, 3.05) is 13.4 Å². The van der Waals surface area contributed by atoms with E-state index in [9.17, 15) is 13.2 Å². The highest BCUT2D eigenvalue weighted by Gasteiger charge is 2.31. The Hall–Kier alpha value is -1.43. The van der Waals surface area contributed by atoms with Crippen LogP contribution >= 0.6 is 0 Å². The predicted molar refractivity (Wildman–Crippen MR) is 55.0 cm³/mol. The van der Waals surface area contributed by atoms with Crippen LogP contribution in [0.1, 0.15) is 12.5 Å². The third-order valence-corrected chi connectivity index (χ3v) is 1.77. The Morgan fingerprint density at radius 3 is 2.35 bits per heavy atom. The average molecular weight is 250 g/mol. The van der Waals surface area contributed by atoms with E-state index in [2.05, 4.69) is 4.74 Å². The highest BCUT2D eigenvalue weighted by molar-refractivity contribution is 5.37. The molecule has 0 aliphatic heterocycles. The first-order valence-corrected chi connectivity index (χ1v) is 4.98. The lowest BCUT2D eigenvalue weighted by molar-refractivity contribution is -0.274. The van der Waals surface area contributed by atoms with Crippen LogP contribution in [0.5, 0.6) is 11.5 Å². The maximum absolute atomic E-state index is 12.0. The fourth-order valence-electron chi connectivity index (χ4n) is 1.18. The second-order valence-electron chi connectivity index (χ2n) is 3.28. The van der Waals surface area contributed by atoms with E-state index in [0.717, 1.165) is 0 Å². The lowest BCUT2D eigenvalue weighted by Gasteiger charge is -2.12. The van der Waals surface area contributed by atoms with E-state index in [1.54, 1.807) is 19.9 Å². The van der Waals surface area contributed by atoms with Crippen molar-refractivity contribution in [1.29, 1.82) is 0 Å². The van der Waals surface area contributed by atoms with Crippen molar-refractivity contribution < 1.29 is 27.4 Å². The maximum Gasteiger partial charge on any atom is 0.573 e. The largest absolute Gasteiger partial charge is 0.573 e. The molecule has 96 valence electrons. The van der Waals surface area contributed by atoms with Crippen molar-refractivity contribution in [2.45, 2.75) is 20.2 Å². The summed E-state index contributed by atoms with van der Waals surface area (Å²) in [5.74, 6) is -0.0262. The molecule has 0 aliphatic carbocycles. The summed E-state index contributed by atoms with van der Waals surface area (Å²) in [5.41, 5.74) is 0.609. The van der Waals surface area contributed by atoms with Crippen molar-refractivity contribution >= 4 is 0 Å². The molecule has 0 bridgehead atoms. The van der Waals surface area contributed by atoms with Crippen molar-refractivity contribution in [1.82, 2.24) is 0 Å². The summed E-state index contributed by atoms with van der Waals surface area (Å²) in [4.78, 5) is 0. The summed E-state index contributed by atoms with van der Waals surface area (Å²) < 4.78 is 49.9. The van der Waals surface area contributed by atoms with Gasteiger partial charge in [-0.2, -0.15) is 0 Å². The van der Waals surface area contributed by atoms with E-state index in [4.69, 9.17) is 9.47 Å². The minimum absolute atomic E-state index is 0.00852. The molecule has 0 radical (unpaired) electrons. The van der Waals surface area contributed by atoms with Gasteiger partial charge >= 0.3 is 6.36 Å². The number of hydrogen-bond acceptors (Lipinski definition) is 3. The second kappa shape index (κ2) is 5.77. The summed E-state index contributed by atoms with van der Waals surface area (Å²) >= 11 is 0. The van der Waals surface area contributed by atoms with E-state index in [-0.39, 0.29) is 18.3 Å². The van der Waals surface area contributed by atoms with Gasteiger partial charge in [0.2, 0.25) is 0 Å². The molecule has 0 aromatic heterocycles. The van der Waals surface area contributed by atoms with Crippen LogP contribution in [0.3, 0.4) is 0 Å². The molecule has 0 saturated heterocycles. The third-order valence-electron chi connectivity index (χ3n) is 1.77. The number of halogens is 3. The van der Waals surface area contributed by atoms with Crippen LogP contribution in [0.4, 0.5) is 13.2 Å². The lowest BCUT2D eigenvalue weighted by Crippen LogP contribution is -2.17. The SMILES string of the molecule is CCOCOc1cc(C)cc(OC(F)(F)F)c1. The smallest absolute Gasteiger partial charge is 0.467 e. The first-order chi connectivity index (χ1) is 7.90. The molecule has 1 rings (SSSR count). The molecule has 17 heavy (non-hydrogen) atoms. The van der Waals surface area contributed by atoms with Gasteiger partial charge in [0.25, 0.3) is 0 Å². The highest BCUT2D eigenvalue weighted by atomic mass is 19.4. The zero-order valence-electron chi connectivity index (χ0n) is 9.50. The van der Waals surface area contributed by atoms with Gasteiger partial charge in [0.05, 0.1) is 0 Å². The predicted octanol–water partition coefficient (Wildman–Crippen LogP) is 3.27. The highest BCUT2D eigenvalue weighted by Crippen LogP contribution is 2.27. The monoisotopic (exact) mass is 250 g/mol. The minimum atomic E-state index is -4.70. The molecule has 0 unspecified atom stereocenters. The fourth-order valence-corrected chi connectivity index (χ4v) is 1.18. The number of benzene rings is 1. The molecule has 0 saturated carbocycles. The minimum Gasteiger partial charge on any atom is -0.467 e. The zero-order valence-corrected chi connectivity index (χ0v) is 9.50. The molecule has 0 heterocycles. The Kier molecular flexibility index (Phi) is 4.62. The fraction of sp³-hybridized carbons (Fsp3) is 0.455. The van der Waals surface area contributed by atoms with Crippen molar-refractivity contribution in [3.8, 4) is 11.5 Å². The molecule has 1 aromatic carbocycles. The van der Waals surface area contributed by atoms with Gasteiger partial charge in [0, 0.05) is 12.7 Å². The summed E-state index contributed by atoms with van der Waals surface area (Å²) in [6.07, 6.45) is -4.70. The molecular weight excluding hydrogens is 237 g/mol. The van der Waals surface area contributed by atoms with Crippen molar-refractivity contribution in [3.05, 3.63) is 23.8 Å². The molecule has 0 spiro atoms. The molecule has 0 amide bonds. The molecular formula is C11H13F3O3. The molecule has 0 aliphatic rings. The number of hydrogen-bond donors (Lipinski definition) is 0. The van der Waals surface area contributed by atoms with Gasteiger partial charge in [-0.05, 0) is 31.5 Å². The van der Waals surface area contributed by atoms with Gasteiger partial charge < -0.3 is 14.2 Å². The van der Waals surface area contributed by atoms with Gasteiger partial charge in [-0.15, -0.1) is 13.2 Å². The Bertz CT molecular complexity index is 363. The number of rotatable bonds is 5. The van der Waals surface area contributed by atoms with E-state index >= 15 is 0 Å². The van der Waals surface area contributed by atoms with E-state index in [1.807, 2.05) is 0 Å². The molecule has 6 heteroatoms. The van der Waals surface area contributed by atoms with Crippen LogP contribution in [0.15, 0.2) is 18.2 Å². The Morgan fingerprint density at radius 1 is 1.12 bits per heavy atom. The van der Waals surface area contributed by atoms with Crippen LogP contribution in [-0.4, -0.2) is 19.8 Å². The van der Waals surface area contributed by atoms with E-state index < -0.39 is 6.36 Å². The Labute approximate surface area is 97.1 Å². The lowest BCUT2D eigenvalue weighted by atomic mass is 10.2. The Balaban J connectivity index is 2.72. The summed E-state index contributed by atoms with van der Waals surface area (Å²) in [7, 11) is 0. The van der Waals surface area contributed by atoms with Gasteiger partial charge in [-0.3, -0.25) is 0 Å². The first-order valence-electron chi connectivity index (χ1n) is 4.98. The summed E-state index contributed by atoms with van der Waals surface area (Å²) in [5, 5.41) is 0. The maximum atomic E-state index is 12.0. The molecule has 1 aromatic rings. The summed E-state index contributed by atoms with van der Waals surface area (Å²) in [6, 6.07) is 4.04. The first kappa shape index (κ1) is 13.6. The quantitative estimate of drug-likeness (QED) is 0.593. The average Bonchev–Trinajstić information content (AvgIpc) is 2.14. The number of aryl methyl sites for hydroxylation is 1. The Morgan fingerprint density at radius 2 is 1.76 bits per heavy atom. The van der Waals surface area contributed by atoms with Crippen LogP contribution in [0.25, 0.3) is 0 Å². The van der Waals surface area contributed by atoms with E-state index in [1.165, 1.54) is 12.1 Å². The number of ether oxygens (including phenoxy) is 3. The standard InChI is InChI=1S/C11H13F3O3/c1-3-15-7-16-9-4-8(2)5-10(6-9)17-11(12,13)14/h4-6H,3,7H2,1-2H3. The van der Waals surface area contributed by atoms with Crippen LogP contribution in [0, 0.1) is 6.92 Å². The summed E-state index contributed by atoms with van der Waals surface area (Å²) in [6.45, 7) is 3.90. The molecule has 0 N–H and O–H groups in total. The van der Waals surface area contributed by atoms with Crippen molar-refractivity contribution in [2.24, 2.45) is 0 Å². The molecule has 0 atom stereocenters. The molecule has 3 nitrogen and oxygen atoms in total. The van der Waals surface area contributed by atoms with Crippen LogP contribution < -0.4 is 9.47 Å². The second-order valence-corrected chi connectivity index (χ2v) is 3.28. The van der Waals surface area contributed by atoms with Crippen molar-refractivity contribution in [3.63, 3.8) is 0 Å². The topological polar surface area (TPSA) is 27.7 Å². The normalized spacial score (nSPS) is 11.4. The van der Waals surface area contributed by atoms with Crippen LogP contribution in [0.2, 0.25) is 0 Å². The van der Waals surface area contributed by atoms with E-state index in [0.29, 0.717) is 12.2 Å². The molecule has 0 fully saturated rings. The van der Waals surface area contributed by atoms with Gasteiger partial charge in [0.15, 0.2) is 6.79 Å². The number of alkyl halides is 3. The van der Waals surface area contributed by atoms with Gasteiger partial charge in [0.1, 0.15) is 11.5 Å². The van der Waals surface area contributed by atoms with Gasteiger partial charge in [-0.1, -0.05) is 0 Å².